The molecule has 22 heavy (non-hydrogen) atoms. The second-order valence-corrected chi connectivity index (χ2v) is 5.27. The molecule has 0 spiro atoms. The maximum absolute atomic E-state index is 11.6. The van der Waals surface area contributed by atoms with Crippen LogP contribution in [0.5, 0.6) is 0 Å². The van der Waals surface area contributed by atoms with Crippen molar-refractivity contribution in [3.05, 3.63) is 35.4 Å². The van der Waals surface area contributed by atoms with E-state index in [9.17, 15) is 9.59 Å². The summed E-state index contributed by atoms with van der Waals surface area (Å²) < 4.78 is 0. The Morgan fingerprint density at radius 1 is 1.32 bits per heavy atom. The number of hydrazone groups is 1. The van der Waals surface area contributed by atoms with E-state index in [4.69, 9.17) is 10.9 Å². The van der Waals surface area contributed by atoms with Crippen molar-refractivity contribution in [1.29, 1.82) is 0 Å². The SMILES string of the molecule is C[C@H](CC(=O)O)C(=O)NCCCCc1ccc(C=NN)cc1. The van der Waals surface area contributed by atoms with Crippen molar-refractivity contribution in [2.45, 2.75) is 32.6 Å². The third kappa shape index (κ3) is 6.88. The van der Waals surface area contributed by atoms with E-state index in [1.807, 2.05) is 24.3 Å². The lowest BCUT2D eigenvalue weighted by Gasteiger charge is -2.10. The number of aliphatic carboxylic acids is 1. The fourth-order valence-electron chi connectivity index (χ4n) is 2.05. The van der Waals surface area contributed by atoms with Gasteiger partial charge in [-0.15, -0.1) is 0 Å². The average Bonchev–Trinajstić information content (AvgIpc) is 2.48. The number of aryl methyl sites for hydroxylation is 1. The van der Waals surface area contributed by atoms with E-state index in [1.54, 1.807) is 13.1 Å². The third-order valence-corrected chi connectivity index (χ3v) is 3.32. The molecule has 0 radical (unpaired) electrons. The smallest absolute Gasteiger partial charge is 0.304 e. The van der Waals surface area contributed by atoms with Gasteiger partial charge in [0.1, 0.15) is 0 Å². The minimum absolute atomic E-state index is 0.135. The molecule has 0 bridgehead atoms. The number of benzene rings is 1. The molecule has 6 nitrogen and oxygen atoms in total. The van der Waals surface area contributed by atoms with Gasteiger partial charge in [-0.3, -0.25) is 9.59 Å². The lowest BCUT2D eigenvalue weighted by atomic mass is 10.1. The second-order valence-electron chi connectivity index (χ2n) is 5.27. The Morgan fingerprint density at radius 2 is 2.00 bits per heavy atom. The van der Waals surface area contributed by atoms with Crippen molar-refractivity contribution in [1.82, 2.24) is 5.32 Å². The first-order valence-electron chi connectivity index (χ1n) is 7.34. The number of hydrogen-bond donors (Lipinski definition) is 3. The van der Waals surface area contributed by atoms with Crippen LogP contribution in [0.4, 0.5) is 0 Å². The Bertz CT molecular complexity index is 512. The molecule has 1 aromatic carbocycles. The molecule has 1 amide bonds. The zero-order valence-corrected chi connectivity index (χ0v) is 12.8. The molecule has 1 aromatic rings. The molecule has 0 aliphatic carbocycles. The first-order valence-corrected chi connectivity index (χ1v) is 7.34. The summed E-state index contributed by atoms with van der Waals surface area (Å²) in [5.74, 6) is 3.44. The highest BCUT2D eigenvalue weighted by Gasteiger charge is 2.15. The monoisotopic (exact) mass is 305 g/mol. The number of carbonyl (C=O) groups is 2. The van der Waals surface area contributed by atoms with E-state index in [1.165, 1.54) is 5.56 Å². The first kappa shape index (κ1) is 17.7. The molecule has 0 saturated heterocycles. The van der Waals surface area contributed by atoms with Gasteiger partial charge < -0.3 is 16.3 Å². The maximum atomic E-state index is 11.6. The van der Waals surface area contributed by atoms with Gasteiger partial charge in [0.15, 0.2) is 0 Å². The second kappa shape index (κ2) is 9.55. The number of nitrogens with two attached hydrogens (primary N) is 1. The predicted molar refractivity (Wildman–Crippen MR) is 85.6 cm³/mol. The summed E-state index contributed by atoms with van der Waals surface area (Å²) in [4.78, 5) is 22.1. The van der Waals surface area contributed by atoms with Gasteiger partial charge in [-0.1, -0.05) is 31.2 Å². The van der Waals surface area contributed by atoms with Crippen molar-refractivity contribution in [3.8, 4) is 0 Å². The van der Waals surface area contributed by atoms with E-state index < -0.39 is 11.9 Å². The van der Waals surface area contributed by atoms with Gasteiger partial charge in [0.2, 0.25) is 5.91 Å². The van der Waals surface area contributed by atoms with Crippen LogP contribution in [0.15, 0.2) is 29.4 Å². The van der Waals surface area contributed by atoms with Crippen molar-refractivity contribution in [2.75, 3.05) is 6.54 Å². The standard InChI is InChI=1S/C16H23N3O3/c1-12(10-15(20)21)16(22)18-9-3-2-4-13-5-7-14(8-6-13)11-19-17/h5-8,11-12H,2-4,9-10,17H2,1H3,(H,18,22)(H,20,21)/t12-/m1/s1. The lowest BCUT2D eigenvalue weighted by Crippen LogP contribution is -2.31. The van der Waals surface area contributed by atoms with Gasteiger partial charge in [-0.05, 0) is 30.4 Å². The molecule has 6 heteroatoms. The summed E-state index contributed by atoms with van der Waals surface area (Å²) >= 11 is 0. The lowest BCUT2D eigenvalue weighted by molar-refractivity contribution is -0.140. The molecule has 0 fully saturated rings. The molecule has 0 saturated carbocycles. The van der Waals surface area contributed by atoms with Crippen LogP contribution in [0, 0.1) is 5.92 Å². The van der Waals surface area contributed by atoms with Crippen LogP contribution in [-0.4, -0.2) is 29.7 Å². The summed E-state index contributed by atoms with van der Waals surface area (Å²) in [7, 11) is 0. The fraction of sp³-hybridized carbons (Fsp3) is 0.438. The number of carbonyl (C=O) groups excluding carboxylic acids is 1. The summed E-state index contributed by atoms with van der Waals surface area (Å²) in [5.41, 5.74) is 2.19. The van der Waals surface area contributed by atoms with Crippen LogP contribution in [0.25, 0.3) is 0 Å². The maximum Gasteiger partial charge on any atom is 0.304 e. The number of hydrogen-bond acceptors (Lipinski definition) is 4. The van der Waals surface area contributed by atoms with Crippen LogP contribution in [0.3, 0.4) is 0 Å². The van der Waals surface area contributed by atoms with Crippen molar-refractivity contribution >= 4 is 18.1 Å². The topological polar surface area (TPSA) is 105 Å². The van der Waals surface area contributed by atoms with Gasteiger partial charge in [0.25, 0.3) is 0 Å². The van der Waals surface area contributed by atoms with Crippen molar-refractivity contribution < 1.29 is 14.7 Å². The molecule has 4 N–H and O–H groups in total. The largest absolute Gasteiger partial charge is 0.481 e. The summed E-state index contributed by atoms with van der Waals surface area (Å²) in [6.07, 6.45) is 4.21. The molecule has 0 heterocycles. The third-order valence-electron chi connectivity index (χ3n) is 3.32. The highest BCUT2D eigenvalue weighted by Crippen LogP contribution is 2.07. The highest BCUT2D eigenvalue weighted by molar-refractivity contribution is 5.82. The number of nitrogens with zero attached hydrogens (tertiary/aromatic N) is 1. The predicted octanol–water partition coefficient (Wildman–Crippen LogP) is 1.53. The Morgan fingerprint density at radius 3 is 2.59 bits per heavy atom. The summed E-state index contributed by atoms with van der Waals surface area (Å²) in [6.45, 7) is 2.19. The van der Waals surface area contributed by atoms with Crippen LogP contribution < -0.4 is 11.2 Å². The van der Waals surface area contributed by atoms with Crippen LogP contribution >= 0.6 is 0 Å². The van der Waals surface area contributed by atoms with E-state index in [0.717, 1.165) is 24.8 Å². The van der Waals surface area contributed by atoms with Gasteiger partial charge in [0.05, 0.1) is 12.6 Å². The molecule has 0 aromatic heterocycles. The highest BCUT2D eigenvalue weighted by atomic mass is 16.4. The Labute approximate surface area is 130 Å². The number of carboxylic acids is 1. The molecule has 0 unspecified atom stereocenters. The molecular formula is C16H23N3O3. The van der Waals surface area contributed by atoms with Crippen LogP contribution in [-0.2, 0) is 16.0 Å². The number of nitrogens with one attached hydrogen (secondary N) is 1. The molecular weight excluding hydrogens is 282 g/mol. The minimum atomic E-state index is -0.953. The van der Waals surface area contributed by atoms with Gasteiger partial charge in [-0.2, -0.15) is 5.10 Å². The number of unbranched alkanes of at least 4 members (excludes halogenated alkanes) is 1. The van der Waals surface area contributed by atoms with E-state index in [0.29, 0.717) is 6.54 Å². The van der Waals surface area contributed by atoms with Gasteiger partial charge in [0, 0.05) is 12.5 Å². The number of amides is 1. The molecule has 0 aliphatic heterocycles. The summed E-state index contributed by atoms with van der Waals surface area (Å²) in [6, 6.07) is 7.98. The Hall–Kier alpha value is -2.37. The molecule has 1 rings (SSSR count). The van der Waals surface area contributed by atoms with E-state index >= 15 is 0 Å². The van der Waals surface area contributed by atoms with Crippen LogP contribution in [0.1, 0.15) is 37.3 Å². The number of rotatable bonds is 9. The van der Waals surface area contributed by atoms with Gasteiger partial charge in [-0.25, -0.2) is 0 Å². The van der Waals surface area contributed by atoms with E-state index in [-0.39, 0.29) is 12.3 Å². The fourth-order valence-corrected chi connectivity index (χ4v) is 2.05. The zero-order chi connectivity index (χ0) is 16.4. The average molecular weight is 305 g/mol. The van der Waals surface area contributed by atoms with Crippen molar-refractivity contribution in [3.63, 3.8) is 0 Å². The molecule has 0 aliphatic rings. The Kier molecular flexibility index (Phi) is 7.67. The van der Waals surface area contributed by atoms with Gasteiger partial charge >= 0.3 is 5.97 Å². The summed E-state index contributed by atoms with van der Waals surface area (Å²) in [5, 5.41) is 14.9. The normalized spacial score (nSPS) is 12.2. The quantitative estimate of drug-likeness (QED) is 0.278. The molecule has 1 atom stereocenters. The minimum Gasteiger partial charge on any atom is -0.481 e. The zero-order valence-electron chi connectivity index (χ0n) is 12.8. The first-order chi connectivity index (χ1) is 10.5. The Balaban J connectivity index is 2.19. The number of carboxylic acid groups (broad SMARTS) is 1. The molecule has 120 valence electrons. The van der Waals surface area contributed by atoms with Crippen LogP contribution in [0.2, 0.25) is 0 Å². The van der Waals surface area contributed by atoms with Crippen molar-refractivity contribution in [2.24, 2.45) is 16.9 Å². The van der Waals surface area contributed by atoms with E-state index in [2.05, 4.69) is 10.4 Å².